The molecule has 3 rings (SSSR count). The van der Waals surface area contributed by atoms with Crippen molar-refractivity contribution in [1.82, 2.24) is 20.2 Å². The number of likely N-dealkylation sites (N-methyl/N-ethyl adjacent to an activating group) is 1. The van der Waals surface area contributed by atoms with E-state index in [-0.39, 0.29) is 0 Å². The molecule has 1 unspecified atom stereocenters. The first-order valence-electron chi connectivity index (χ1n) is 7.72. The molecule has 1 aromatic heterocycles. The number of rotatable bonds is 4. The number of hydrogen-bond donors (Lipinski definition) is 1. The predicted octanol–water partition coefficient (Wildman–Crippen LogP) is 1.26. The molecular weight excluding hydrogens is 250 g/mol. The van der Waals surface area contributed by atoms with Gasteiger partial charge in [0.1, 0.15) is 5.82 Å². The number of nitrogens with zero attached hydrogens (tertiary/aromatic N) is 4. The van der Waals surface area contributed by atoms with Crippen LogP contribution in [0.15, 0.2) is 12.4 Å². The lowest BCUT2D eigenvalue weighted by molar-refractivity contribution is 0.337. The third-order valence-electron chi connectivity index (χ3n) is 4.18. The highest BCUT2D eigenvalue weighted by atomic mass is 15.3. The van der Waals surface area contributed by atoms with Crippen LogP contribution < -0.4 is 10.2 Å². The molecule has 5 nitrogen and oxygen atoms in total. The Labute approximate surface area is 121 Å². The quantitative estimate of drug-likeness (QED) is 0.896. The lowest BCUT2D eigenvalue weighted by atomic mass is 10.2. The Morgan fingerprint density at radius 2 is 2.10 bits per heavy atom. The van der Waals surface area contributed by atoms with Crippen molar-refractivity contribution in [1.29, 1.82) is 0 Å². The summed E-state index contributed by atoms with van der Waals surface area (Å²) in [5.41, 5.74) is 1.04. The van der Waals surface area contributed by atoms with Crippen LogP contribution in [0, 0.1) is 0 Å². The fraction of sp³-hybridized carbons (Fsp3) is 0.733. The van der Waals surface area contributed by atoms with E-state index in [1.807, 2.05) is 12.4 Å². The summed E-state index contributed by atoms with van der Waals surface area (Å²) in [5, 5.41) is 3.47. The van der Waals surface area contributed by atoms with Gasteiger partial charge in [0, 0.05) is 31.7 Å². The van der Waals surface area contributed by atoms with Crippen LogP contribution in [-0.2, 0) is 6.54 Å². The van der Waals surface area contributed by atoms with Crippen molar-refractivity contribution >= 4 is 5.82 Å². The molecule has 0 spiro atoms. The van der Waals surface area contributed by atoms with Crippen LogP contribution in [0.3, 0.4) is 0 Å². The second kappa shape index (κ2) is 6.06. The zero-order chi connectivity index (χ0) is 13.9. The fourth-order valence-corrected chi connectivity index (χ4v) is 2.84. The molecule has 2 fully saturated rings. The van der Waals surface area contributed by atoms with Crippen LogP contribution in [0.25, 0.3) is 0 Å². The maximum Gasteiger partial charge on any atom is 0.147 e. The van der Waals surface area contributed by atoms with Crippen LogP contribution in [0.4, 0.5) is 5.82 Å². The lowest BCUT2D eigenvalue weighted by Crippen LogP contribution is -2.38. The SMILES string of the molecule is CC1CN(C)CCCN1c1cnc(CNC2CC2)cn1. The molecule has 1 aliphatic carbocycles. The van der Waals surface area contributed by atoms with Crippen molar-refractivity contribution in [2.75, 3.05) is 31.6 Å². The van der Waals surface area contributed by atoms with Crippen molar-refractivity contribution in [3.05, 3.63) is 18.1 Å². The number of aromatic nitrogens is 2. The molecule has 5 heteroatoms. The second-order valence-corrected chi connectivity index (χ2v) is 6.18. The van der Waals surface area contributed by atoms with Crippen LogP contribution in [-0.4, -0.2) is 53.6 Å². The molecule has 1 saturated heterocycles. The largest absolute Gasteiger partial charge is 0.351 e. The first kappa shape index (κ1) is 13.8. The van der Waals surface area contributed by atoms with E-state index in [0.29, 0.717) is 6.04 Å². The molecule has 110 valence electrons. The molecule has 1 saturated carbocycles. The van der Waals surface area contributed by atoms with Gasteiger partial charge in [0.25, 0.3) is 0 Å². The predicted molar refractivity (Wildman–Crippen MR) is 80.8 cm³/mol. The Bertz CT molecular complexity index is 428. The van der Waals surface area contributed by atoms with E-state index in [4.69, 9.17) is 0 Å². The van der Waals surface area contributed by atoms with Gasteiger partial charge in [-0.05, 0) is 39.8 Å². The van der Waals surface area contributed by atoms with E-state index < -0.39 is 0 Å². The number of anilines is 1. The first-order chi connectivity index (χ1) is 9.72. The smallest absolute Gasteiger partial charge is 0.147 e. The maximum absolute atomic E-state index is 4.62. The Morgan fingerprint density at radius 1 is 1.25 bits per heavy atom. The average molecular weight is 275 g/mol. The van der Waals surface area contributed by atoms with Crippen LogP contribution in [0.1, 0.15) is 31.9 Å². The molecule has 20 heavy (non-hydrogen) atoms. The van der Waals surface area contributed by atoms with Gasteiger partial charge >= 0.3 is 0 Å². The molecule has 2 aliphatic rings. The molecule has 0 aromatic carbocycles. The number of nitrogens with one attached hydrogen (secondary N) is 1. The Kier molecular flexibility index (Phi) is 4.17. The van der Waals surface area contributed by atoms with Gasteiger partial charge in [-0.3, -0.25) is 4.98 Å². The fourth-order valence-electron chi connectivity index (χ4n) is 2.84. The highest BCUT2D eigenvalue weighted by molar-refractivity contribution is 5.37. The monoisotopic (exact) mass is 275 g/mol. The maximum atomic E-state index is 4.62. The Balaban J connectivity index is 1.63. The highest BCUT2D eigenvalue weighted by Gasteiger charge is 2.22. The molecule has 1 aromatic rings. The summed E-state index contributed by atoms with van der Waals surface area (Å²) < 4.78 is 0. The van der Waals surface area contributed by atoms with Gasteiger partial charge < -0.3 is 15.1 Å². The summed E-state index contributed by atoms with van der Waals surface area (Å²) >= 11 is 0. The van der Waals surface area contributed by atoms with Crippen LogP contribution in [0.2, 0.25) is 0 Å². The van der Waals surface area contributed by atoms with Crippen molar-refractivity contribution in [2.24, 2.45) is 0 Å². The standard InChI is InChI=1S/C15H25N5/c1-12-11-19(2)6-3-7-20(12)15-10-17-14(9-18-15)8-16-13-4-5-13/h9-10,12-13,16H,3-8,11H2,1-2H3. The van der Waals surface area contributed by atoms with E-state index in [9.17, 15) is 0 Å². The van der Waals surface area contributed by atoms with Crippen molar-refractivity contribution in [3.8, 4) is 0 Å². The minimum absolute atomic E-state index is 0.493. The highest BCUT2D eigenvalue weighted by Crippen LogP contribution is 2.20. The third-order valence-corrected chi connectivity index (χ3v) is 4.18. The first-order valence-corrected chi connectivity index (χ1v) is 7.72. The van der Waals surface area contributed by atoms with Gasteiger partial charge in [-0.2, -0.15) is 0 Å². The van der Waals surface area contributed by atoms with Gasteiger partial charge in [0.2, 0.25) is 0 Å². The van der Waals surface area contributed by atoms with Gasteiger partial charge in [0.05, 0.1) is 18.1 Å². The van der Waals surface area contributed by atoms with Gasteiger partial charge in [0.15, 0.2) is 0 Å². The normalized spacial score (nSPS) is 24.7. The summed E-state index contributed by atoms with van der Waals surface area (Å²) in [4.78, 5) is 14.0. The van der Waals surface area contributed by atoms with Gasteiger partial charge in [-0.15, -0.1) is 0 Å². The van der Waals surface area contributed by atoms with Crippen molar-refractivity contribution < 1.29 is 0 Å². The minimum Gasteiger partial charge on any atom is -0.351 e. The number of hydrogen-bond acceptors (Lipinski definition) is 5. The molecule has 0 bridgehead atoms. The van der Waals surface area contributed by atoms with E-state index in [2.05, 4.69) is 39.1 Å². The third kappa shape index (κ3) is 3.46. The van der Waals surface area contributed by atoms with E-state index in [0.717, 1.165) is 43.7 Å². The van der Waals surface area contributed by atoms with E-state index in [1.54, 1.807) is 0 Å². The molecule has 1 atom stereocenters. The molecule has 1 N–H and O–H groups in total. The zero-order valence-corrected chi connectivity index (χ0v) is 12.5. The second-order valence-electron chi connectivity index (χ2n) is 6.18. The zero-order valence-electron chi connectivity index (χ0n) is 12.5. The molecule has 0 amide bonds. The minimum atomic E-state index is 0.493. The topological polar surface area (TPSA) is 44.3 Å². The van der Waals surface area contributed by atoms with Crippen molar-refractivity contribution in [2.45, 2.75) is 44.8 Å². The Morgan fingerprint density at radius 3 is 2.80 bits per heavy atom. The molecule has 2 heterocycles. The molecule has 1 aliphatic heterocycles. The molecular formula is C15H25N5. The summed E-state index contributed by atoms with van der Waals surface area (Å²) in [6, 6.07) is 1.21. The molecule has 0 radical (unpaired) electrons. The van der Waals surface area contributed by atoms with E-state index >= 15 is 0 Å². The lowest BCUT2D eigenvalue weighted by Gasteiger charge is -2.28. The van der Waals surface area contributed by atoms with Crippen molar-refractivity contribution in [3.63, 3.8) is 0 Å². The summed E-state index contributed by atoms with van der Waals surface area (Å²) in [6.07, 6.45) is 7.67. The van der Waals surface area contributed by atoms with Gasteiger partial charge in [-0.1, -0.05) is 0 Å². The summed E-state index contributed by atoms with van der Waals surface area (Å²) in [7, 11) is 2.19. The van der Waals surface area contributed by atoms with Gasteiger partial charge in [-0.25, -0.2) is 4.98 Å². The van der Waals surface area contributed by atoms with Crippen LogP contribution >= 0.6 is 0 Å². The average Bonchev–Trinajstić information content (AvgIpc) is 3.26. The van der Waals surface area contributed by atoms with E-state index in [1.165, 1.54) is 19.3 Å². The summed E-state index contributed by atoms with van der Waals surface area (Å²) in [5.74, 6) is 1.02. The van der Waals surface area contributed by atoms with Crippen LogP contribution in [0.5, 0.6) is 0 Å². The Hall–Kier alpha value is -1.20. The summed E-state index contributed by atoms with van der Waals surface area (Å²) in [6.45, 7) is 6.44.